The highest BCUT2D eigenvalue weighted by atomic mass is 32.1. The van der Waals surface area contributed by atoms with Crippen LogP contribution in [0.4, 0.5) is 10.1 Å². The topological polar surface area (TPSA) is 50.4 Å². The Bertz CT molecular complexity index is 691. The predicted octanol–water partition coefficient (Wildman–Crippen LogP) is 3.35. The van der Waals surface area contributed by atoms with Gasteiger partial charge < -0.3 is 10.1 Å². The summed E-state index contributed by atoms with van der Waals surface area (Å²) in [6.07, 6.45) is 0. The molecular formula is C16H15FN2O2S. The van der Waals surface area contributed by atoms with E-state index in [4.69, 9.17) is 17.0 Å². The summed E-state index contributed by atoms with van der Waals surface area (Å²) in [6, 6.07) is 12.9. The summed E-state index contributed by atoms with van der Waals surface area (Å²) in [7, 11) is 0. The second kappa shape index (κ2) is 7.51. The molecule has 0 bridgehead atoms. The van der Waals surface area contributed by atoms with Crippen molar-refractivity contribution in [2.45, 2.75) is 6.92 Å². The van der Waals surface area contributed by atoms with E-state index in [2.05, 4.69) is 10.6 Å². The monoisotopic (exact) mass is 318 g/mol. The molecule has 0 radical (unpaired) electrons. The third-order valence-corrected chi connectivity index (χ3v) is 2.98. The first-order valence-electron chi connectivity index (χ1n) is 6.70. The lowest BCUT2D eigenvalue weighted by molar-refractivity contribution is 0.0974. The molecule has 1 amide bonds. The highest BCUT2D eigenvalue weighted by Gasteiger charge is 2.13. The molecule has 6 heteroatoms. The number of carbonyl (C=O) groups excluding carboxylic acids is 1. The summed E-state index contributed by atoms with van der Waals surface area (Å²) in [6.45, 7) is 2.28. The van der Waals surface area contributed by atoms with Crippen LogP contribution < -0.4 is 15.4 Å². The van der Waals surface area contributed by atoms with Gasteiger partial charge in [0.25, 0.3) is 5.91 Å². The number of nitrogens with one attached hydrogen (secondary N) is 2. The van der Waals surface area contributed by atoms with Crippen LogP contribution in [-0.2, 0) is 0 Å². The van der Waals surface area contributed by atoms with Gasteiger partial charge in [0.1, 0.15) is 11.6 Å². The molecule has 2 N–H and O–H groups in total. The first-order valence-corrected chi connectivity index (χ1v) is 7.11. The van der Waals surface area contributed by atoms with Gasteiger partial charge in [-0.3, -0.25) is 10.1 Å². The first kappa shape index (κ1) is 15.9. The summed E-state index contributed by atoms with van der Waals surface area (Å²) in [5.74, 6) is -0.400. The smallest absolute Gasteiger partial charge is 0.261 e. The van der Waals surface area contributed by atoms with Crippen molar-refractivity contribution in [3.05, 3.63) is 59.9 Å². The lowest BCUT2D eigenvalue weighted by Crippen LogP contribution is -2.34. The van der Waals surface area contributed by atoms with Gasteiger partial charge in [0, 0.05) is 0 Å². The summed E-state index contributed by atoms with van der Waals surface area (Å²) in [4.78, 5) is 12.2. The molecule has 0 heterocycles. The van der Waals surface area contributed by atoms with E-state index in [1.165, 1.54) is 12.1 Å². The van der Waals surface area contributed by atoms with E-state index in [0.29, 0.717) is 17.9 Å². The molecule has 0 saturated carbocycles. The van der Waals surface area contributed by atoms with Gasteiger partial charge >= 0.3 is 0 Å². The van der Waals surface area contributed by atoms with Crippen LogP contribution >= 0.6 is 12.2 Å². The van der Waals surface area contributed by atoms with Crippen LogP contribution in [0.2, 0.25) is 0 Å². The first-order chi connectivity index (χ1) is 10.6. The van der Waals surface area contributed by atoms with Crippen molar-refractivity contribution in [3.8, 4) is 5.75 Å². The molecular weight excluding hydrogens is 303 g/mol. The van der Waals surface area contributed by atoms with Gasteiger partial charge in [0.15, 0.2) is 5.11 Å². The van der Waals surface area contributed by atoms with E-state index >= 15 is 0 Å². The Kier molecular flexibility index (Phi) is 5.43. The van der Waals surface area contributed by atoms with Gasteiger partial charge in [-0.15, -0.1) is 0 Å². The maximum absolute atomic E-state index is 13.5. The Morgan fingerprint density at radius 3 is 2.59 bits per heavy atom. The zero-order valence-corrected chi connectivity index (χ0v) is 12.7. The zero-order chi connectivity index (χ0) is 15.9. The van der Waals surface area contributed by atoms with E-state index in [-0.39, 0.29) is 10.8 Å². The van der Waals surface area contributed by atoms with Crippen molar-refractivity contribution in [2.75, 3.05) is 11.9 Å². The number of benzene rings is 2. The molecule has 114 valence electrons. The van der Waals surface area contributed by atoms with Crippen molar-refractivity contribution >= 4 is 28.9 Å². The minimum Gasteiger partial charge on any atom is -0.493 e. The number of para-hydroxylation sites is 2. The van der Waals surface area contributed by atoms with Crippen LogP contribution in [0, 0.1) is 5.82 Å². The summed E-state index contributed by atoms with van der Waals surface area (Å²) >= 11 is 5.03. The van der Waals surface area contributed by atoms with E-state index < -0.39 is 11.7 Å². The predicted molar refractivity (Wildman–Crippen MR) is 87.7 cm³/mol. The molecule has 2 aromatic carbocycles. The lowest BCUT2D eigenvalue weighted by Gasteiger charge is -2.12. The number of carbonyl (C=O) groups is 1. The van der Waals surface area contributed by atoms with Crippen LogP contribution in [-0.4, -0.2) is 17.6 Å². The number of hydrogen-bond acceptors (Lipinski definition) is 3. The van der Waals surface area contributed by atoms with Crippen molar-refractivity contribution in [2.24, 2.45) is 0 Å². The van der Waals surface area contributed by atoms with Crippen LogP contribution in [0.1, 0.15) is 17.3 Å². The number of anilines is 1. The lowest BCUT2D eigenvalue weighted by atomic mass is 10.2. The Balaban J connectivity index is 2.06. The molecule has 0 atom stereocenters. The van der Waals surface area contributed by atoms with Crippen molar-refractivity contribution in [3.63, 3.8) is 0 Å². The normalized spacial score (nSPS) is 9.91. The average Bonchev–Trinajstić information content (AvgIpc) is 2.50. The van der Waals surface area contributed by atoms with E-state index in [0.717, 1.165) is 0 Å². The fraction of sp³-hybridized carbons (Fsp3) is 0.125. The Labute approximate surface area is 133 Å². The molecule has 2 aromatic rings. The van der Waals surface area contributed by atoms with Crippen molar-refractivity contribution in [1.82, 2.24) is 5.32 Å². The Morgan fingerprint density at radius 2 is 1.86 bits per heavy atom. The molecule has 4 nitrogen and oxygen atoms in total. The highest BCUT2D eigenvalue weighted by Crippen LogP contribution is 2.18. The van der Waals surface area contributed by atoms with Crippen molar-refractivity contribution in [1.29, 1.82) is 0 Å². The number of thiocarbonyl (C=S) groups is 1. The van der Waals surface area contributed by atoms with Crippen molar-refractivity contribution < 1.29 is 13.9 Å². The quantitative estimate of drug-likeness (QED) is 0.849. The van der Waals surface area contributed by atoms with Gasteiger partial charge in [0.05, 0.1) is 17.9 Å². The second-order valence-corrected chi connectivity index (χ2v) is 4.73. The number of ether oxygens (including phenoxy) is 1. The summed E-state index contributed by atoms with van der Waals surface area (Å²) < 4.78 is 18.9. The molecule has 2 rings (SSSR count). The molecule has 0 fully saturated rings. The number of hydrogen-bond donors (Lipinski definition) is 2. The molecule has 0 aliphatic rings. The average molecular weight is 318 g/mol. The van der Waals surface area contributed by atoms with E-state index in [9.17, 15) is 9.18 Å². The van der Waals surface area contributed by atoms with Gasteiger partial charge in [-0.2, -0.15) is 0 Å². The van der Waals surface area contributed by atoms with Gasteiger partial charge in [-0.05, 0) is 43.4 Å². The van der Waals surface area contributed by atoms with Crippen LogP contribution in [0.15, 0.2) is 48.5 Å². The van der Waals surface area contributed by atoms with E-state index in [1.54, 1.807) is 36.4 Å². The maximum atomic E-state index is 13.5. The summed E-state index contributed by atoms with van der Waals surface area (Å²) in [5.41, 5.74) is 0.563. The largest absolute Gasteiger partial charge is 0.493 e. The van der Waals surface area contributed by atoms with E-state index in [1.807, 2.05) is 6.92 Å². The fourth-order valence-electron chi connectivity index (χ4n) is 1.82. The molecule has 0 spiro atoms. The zero-order valence-electron chi connectivity index (χ0n) is 11.9. The molecule has 22 heavy (non-hydrogen) atoms. The number of rotatable bonds is 4. The molecule has 0 aliphatic carbocycles. The fourth-order valence-corrected chi connectivity index (χ4v) is 2.02. The second-order valence-electron chi connectivity index (χ2n) is 4.32. The van der Waals surface area contributed by atoms with Gasteiger partial charge in [-0.1, -0.05) is 24.3 Å². The third-order valence-electron chi connectivity index (χ3n) is 2.78. The summed E-state index contributed by atoms with van der Waals surface area (Å²) in [5, 5.41) is 5.17. The standard InChI is InChI=1S/C16H15FN2O2S/c1-2-21-14-10-6-3-7-11(14)15(20)19-16(22)18-13-9-5-4-8-12(13)17/h3-10H,2H2,1H3,(H2,18,19,20,22). The molecule has 0 aliphatic heterocycles. The minimum absolute atomic E-state index is 0.0152. The number of amides is 1. The minimum atomic E-state index is -0.450. The number of halogens is 1. The van der Waals surface area contributed by atoms with Gasteiger partial charge in [-0.25, -0.2) is 4.39 Å². The third kappa shape index (κ3) is 4.02. The highest BCUT2D eigenvalue weighted by molar-refractivity contribution is 7.80. The Hall–Kier alpha value is -2.47. The molecule has 0 unspecified atom stereocenters. The molecule has 0 aromatic heterocycles. The van der Waals surface area contributed by atoms with Crippen LogP contribution in [0.5, 0.6) is 5.75 Å². The molecule has 0 saturated heterocycles. The SMILES string of the molecule is CCOc1ccccc1C(=O)NC(=S)Nc1ccccc1F. The van der Waals surface area contributed by atoms with Crippen LogP contribution in [0.25, 0.3) is 0 Å². The van der Waals surface area contributed by atoms with Crippen LogP contribution in [0.3, 0.4) is 0 Å². The Morgan fingerprint density at radius 1 is 1.18 bits per heavy atom. The van der Waals surface area contributed by atoms with Gasteiger partial charge in [0.2, 0.25) is 0 Å². The maximum Gasteiger partial charge on any atom is 0.261 e.